The fourth-order valence-corrected chi connectivity index (χ4v) is 4.07. The van der Waals surface area contributed by atoms with Gasteiger partial charge in [-0.05, 0) is 37.3 Å². The summed E-state index contributed by atoms with van der Waals surface area (Å²) in [4.78, 5) is 38.8. The molecule has 134 valence electrons. The Bertz CT molecular complexity index is 646. The van der Waals surface area contributed by atoms with Gasteiger partial charge in [0.1, 0.15) is 12.6 Å². The Labute approximate surface area is 147 Å². The van der Waals surface area contributed by atoms with Crippen molar-refractivity contribution in [1.29, 1.82) is 0 Å². The predicted molar refractivity (Wildman–Crippen MR) is 91.8 cm³/mol. The third-order valence-electron chi connectivity index (χ3n) is 5.28. The second-order valence-corrected chi connectivity index (χ2v) is 6.74. The van der Waals surface area contributed by atoms with Crippen LogP contribution in [0, 0.1) is 5.92 Å². The number of methoxy groups -OCH3 is 1. The molecule has 0 radical (unpaired) electrons. The number of hydrogen-bond acceptors (Lipinski definition) is 4. The van der Waals surface area contributed by atoms with Crippen LogP contribution in [-0.2, 0) is 14.3 Å². The average molecular weight is 344 g/mol. The van der Waals surface area contributed by atoms with Crippen molar-refractivity contribution < 1.29 is 19.1 Å². The van der Waals surface area contributed by atoms with Gasteiger partial charge in [-0.15, -0.1) is 0 Å². The van der Waals surface area contributed by atoms with E-state index in [1.54, 1.807) is 17.0 Å². The highest BCUT2D eigenvalue weighted by Gasteiger charge is 2.47. The molecule has 2 aliphatic rings. The molecule has 0 spiro atoms. The fraction of sp³-hybridized carbons (Fsp3) is 0.526. The zero-order valence-electron chi connectivity index (χ0n) is 14.4. The Kier molecular flexibility index (Phi) is 5.36. The molecule has 1 aliphatic heterocycles. The topological polar surface area (TPSA) is 75.7 Å². The quantitative estimate of drug-likeness (QED) is 0.845. The highest BCUT2D eigenvalue weighted by Crippen LogP contribution is 2.40. The second-order valence-electron chi connectivity index (χ2n) is 6.74. The molecule has 1 saturated heterocycles. The number of carbonyl (C=O) groups is 3. The number of esters is 1. The summed E-state index contributed by atoms with van der Waals surface area (Å²) in [6, 6.07) is 8.66. The number of rotatable bonds is 4. The third-order valence-corrected chi connectivity index (χ3v) is 5.28. The number of carbonyl (C=O) groups excluding carboxylic acids is 3. The second kappa shape index (κ2) is 7.68. The number of benzene rings is 1. The zero-order chi connectivity index (χ0) is 17.8. The van der Waals surface area contributed by atoms with E-state index in [1.807, 2.05) is 18.2 Å². The van der Waals surface area contributed by atoms with Crippen LogP contribution >= 0.6 is 0 Å². The van der Waals surface area contributed by atoms with Crippen molar-refractivity contribution in [1.82, 2.24) is 10.2 Å². The Balaban J connectivity index is 1.80. The average Bonchev–Trinajstić information content (AvgIpc) is 3.05. The molecule has 6 heteroatoms. The summed E-state index contributed by atoms with van der Waals surface area (Å²) in [5.74, 6) is -0.516. The number of likely N-dealkylation sites (tertiary alicyclic amines) is 1. The van der Waals surface area contributed by atoms with Gasteiger partial charge in [-0.25, -0.2) is 0 Å². The van der Waals surface area contributed by atoms with E-state index < -0.39 is 12.0 Å². The first-order chi connectivity index (χ1) is 12.1. The van der Waals surface area contributed by atoms with Crippen LogP contribution in [0.4, 0.5) is 0 Å². The summed E-state index contributed by atoms with van der Waals surface area (Å²) in [6.45, 7) is -0.172. The number of nitrogens with one attached hydrogen (secondary N) is 1. The van der Waals surface area contributed by atoms with Crippen LogP contribution < -0.4 is 5.32 Å². The first-order valence-electron chi connectivity index (χ1n) is 8.84. The van der Waals surface area contributed by atoms with Crippen LogP contribution in [0.5, 0.6) is 0 Å². The highest BCUT2D eigenvalue weighted by molar-refractivity contribution is 5.98. The molecule has 25 heavy (non-hydrogen) atoms. The van der Waals surface area contributed by atoms with Gasteiger partial charge in [-0.2, -0.15) is 0 Å². The monoisotopic (exact) mass is 344 g/mol. The number of hydrogen-bond donors (Lipinski definition) is 1. The van der Waals surface area contributed by atoms with E-state index in [-0.39, 0.29) is 24.4 Å². The van der Waals surface area contributed by atoms with Crippen LogP contribution in [0.1, 0.15) is 42.5 Å². The minimum atomic E-state index is -0.523. The summed E-state index contributed by atoms with van der Waals surface area (Å²) in [7, 11) is 1.28. The van der Waals surface area contributed by atoms with Crippen LogP contribution in [0.2, 0.25) is 0 Å². The first-order valence-corrected chi connectivity index (χ1v) is 8.84. The lowest BCUT2D eigenvalue weighted by molar-refractivity contribution is -0.141. The molecular weight excluding hydrogens is 320 g/mol. The molecule has 1 aliphatic carbocycles. The van der Waals surface area contributed by atoms with Crippen LogP contribution in [-0.4, -0.2) is 48.4 Å². The van der Waals surface area contributed by atoms with Gasteiger partial charge in [0.2, 0.25) is 5.91 Å². The SMILES string of the molecule is COC(=O)CNC(=O)[C@@H]1C[C@H]2CCCC[C@@H]2N1C(=O)c1ccccc1. The molecule has 1 heterocycles. The van der Waals surface area contributed by atoms with Crippen molar-refractivity contribution in [2.45, 2.75) is 44.2 Å². The minimum Gasteiger partial charge on any atom is -0.468 e. The summed E-state index contributed by atoms with van der Waals surface area (Å²) < 4.78 is 4.57. The molecule has 1 saturated carbocycles. The number of nitrogens with zero attached hydrogens (tertiary/aromatic N) is 1. The Morgan fingerprint density at radius 3 is 2.60 bits per heavy atom. The molecule has 3 atom stereocenters. The van der Waals surface area contributed by atoms with Crippen LogP contribution in [0.15, 0.2) is 30.3 Å². The zero-order valence-corrected chi connectivity index (χ0v) is 14.4. The summed E-state index contributed by atoms with van der Waals surface area (Å²) in [5.41, 5.74) is 0.597. The van der Waals surface area contributed by atoms with Gasteiger partial charge >= 0.3 is 5.97 Å². The molecule has 0 unspecified atom stereocenters. The summed E-state index contributed by atoms with van der Waals surface area (Å²) in [5, 5.41) is 2.61. The Morgan fingerprint density at radius 2 is 1.88 bits per heavy atom. The third kappa shape index (κ3) is 3.67. The number of ether oxygens (including phenoxy) is 1. The molecule has 0 aromatic heterocycles. The van der Waals surface area contributed by atoms with E-state index in [9.17, 15) is 14.4 Å². The normalized spacial score (nSPS) is 25.2. The molecule has 2 fully saturated rings. The van der Waals surface area contributed by atoms with Gasteiger partial charge in [0.05, 0.1) is 7.11 Å². The van der Waals surface area contributed by atoms with Gasteiger partial charge in [-0.3, -0.25) is 14.4 Å². The lowest BCUT2D eigenvalue weighted by atomic mass is 9.84. The molecule has 1 aromatic rings. The standard InChI is InChI=1S/C19H24N2O4/c1-25-17(22)12-20-18(23)16-11-14-9-5-6-10-15(14)21(16)19(24)13-7-3-2-4-8-13/h2-4,7-8,14-16H,5-6,9-12H2,1H3,(H,20,23)/t14-,15+,16+/m1/s1. The van der Waals surface area contributed by atoms with Crippen molar-refractivity contribution in [3.63, 3.8) is 0 Å². The molecule has 2 amide bonds. The minimum absolute atomic E-state index is 0.104. The van der Waals surface area contributed by atoms with Crippen molar-refractivity contribution >= 4 is 17.8 Å². The number of fused-ring (bicyclic) bond motifs is 1. The maximum Gasteiger partial charge on any atom is 0.325 e. The molecule has 3 rings (SSSR count). The van der Waals surface area contributed by atoms with Gasteiger partial charge in [0.25, 0.3) is 5.91 Å². The van der Waals surface area contributed by atoms with Crippen molar-refractivity contribution in [3.8, 4) is 0 Å². The maximum atomic E-state index is 13.1. The molecule has 1 aromatic carbocycles. The van der Waals surface area contributed by atoms with Crippen LogP contribution in [0.3, 0.4) is 0 Å². The van der Waals surface area contributed by atoms with Crippen LogP contribution in [0.25, 0.3) is 0 Å². The van der Waals surface area contributed by atoms with Crippen molar-refractivity contribution in [3.05, 3.63) is 35.9 Å². The van der Waals surface area contributed by atoms with E-state index in [0.717, 1.165) is 25.7 Å². The van der Waals surface area contributed by atoms with Gasteiger partial charge in [-0.1, -0.05) is 31.0 Å². The lowest BCUT2D eigenvalue weighted by Gasteiger charge is -2.33. The van der Waals surface area contributed by atoms with E-state index in [2.05, 4.69) is 10.1 Å². The predicted octanol–water partition coefficient (Wildman–Crippen LogP) is 1.75. The van der Waals surface area contributed by atoms with Crippen molar-refractivity contribution in [2.75, 3.05) is 13.7 Å². The van der Waals surface area contributed by atoms with Gasteiger partial charge in [0.15, 0.2) is 0 Å². The lowest BCUT2D eigenvalue weighted by Crippen LogP contribution is -2.50. The molecule has 0 bridgehead atoms. The van der Waals surface area contributed by atoms with Gasteiger partial charge in [0, 0.05) is 11.6 Å². The summed E-state index contributed by atoms with van der Waals surface area (Å²) >= 11 is 0. The molecule has 1 N–H and O–H groups in total. The van der Waals surface area contributed by atoms with E-state index in [0.29, 0.717) is 17.9 Å². The largest absolute Gasteiger partial charge is 0.468 e. The van der Waals surface area contributed by atoms with E-state index in [1.165, 1.54) is 7.11 Å². The smallest absolute Gasteiger partial charge is 0.325 e. The first kappa shape index (κ1) is 17.5. The van der Waals surface area contributed by atoms with Crippen molar-refractivity contribution in [2.24, 2.45) is 5.92 Å². The maximum absolute atomic E-state index is 13.1. The molecule has 6 nitrogen and oxygen atoms in total. The highest BCUT2D eigenvalue weighted by atomic mass is 16.5. The number of amides is 2. The van der Waals surface area contributed by atoms with E-state index >= 15 is 0 Å². The summed E-state index contributed by atoms with van der Waals surface area (Å²) in [6.07, 6.45) is 4.87. The van der Waals surface area contributed by atoms with E-state index in [4.69, 9.17) is 0 Å². The van der Waals surface area contributed by atoms with Gasteiger partial charge < -0.3 is 15.0 Å². The Hall–Kier alpha value is -2.37. The Morgan fingerprint density at radius 1 is 1.16 bits per heavy atom. The fourth-order valence-electron chi connectivity index (χ4n) is 4.07. The molecular formula is C19H24N2O4.